The van der Waals surface area contributed by atoms with E-state index in [0.717, 1.165) is 48.5 Å². The largest absolute Gasteiger partial charge is 0.378 e. The van der Waals surface area contributed by atoms with Crippen molar-refractivity contribution >= 4 is 22.5 Å². The van der Waals surface area contributed by atoms with Crippen LogP contribution < -0.4 is 10.2 Å². The van der Waals surface area contributed by atoms with Crippen molar-refractivity contribution in [1.82, 2.24) is 15.5 Å². The maximum atomic E-state index is 12.6. The molecule has 1 aliphatic heterocycles. The van der Waals surface area contributed by atoms with Crippen LogP contribution in [-0.2, 0) is 11.3 Å². The van der Waals surface area contributed by atoms with Gasteiger partial charge in [-0.25, -0.2) is 0 Å². The number of hydrogen-bond acceptors (Lipinski definition) is 4. The summed E-state index contributed by atoms with van der Waals surface area (Å²) in [7, 11) is 0. The van der Waals surface area contributed by atoms with Crippen LogP contribution in [0.3, 0.4) is 0 Å². The van der Waals surface area contributed by atoms with Crippen molar-refractivity contribution in [3.63, 3.8) is 0 Å². The molecule has 2 N–H and O–H groups in total. The summed E-state index contributed by atoms with van der Waals surface area (Å²) in [4.78, 5) is 14.9. The Morgan fingerprint density at radius 1 is 1.12 bits per heavy atom. The van der Waals surface area contributed by atoms with Gasteiger partial charge in [0.2, 0.25) is 0 Å². The molecule has 2 aromatic carbocycles. The van der Waals surface area contributed by atoms with Crippen LogP contribution in [0.25, 0.3) is 10.9 Å². The number of carbonyl (C=O) groups excluding carboxylic acids is 1. The standard InChI is InChI=1S/C19H20N4O2/c24-19(18-15-6-2-3-7-16(15)21-22-18)20-13-14-5-1-4-8-17(14)23-9-11-25-12-10-23/h1-8H,9-13H2,(H,20,24)(H,21,22). The maximum absolute atomic E-state index is 12.6. The lowest BCUT2D eigenvalue weighted by Crippen LogP contribution is -2.37. The third-order valence-electron chi connectivity index (χ3n) is 4.47. The Kier molecular flexibility index (Phi) is 4.35. The van der Waals surface area contributed by atoms with E-state index in [9.17, 15) is 4.79 Å². The van der Waals surface area contributed by atoms with Crippen molar-refractivity contribution in [3.05, 3.63) is 59.8 Å². The van der Waals surface area contributed by atoms with Gasteiger partial charge < -0.3 is 15.0 Å². The van der Waals surface area contributed by atoms with Gasteiger partial charge in [-0.15, -0.1) is 0 Å². The minimum Gasteiger partial charge on any atom is -0.378 e. The van der Waals surface area contributed by atoms with Gasteiger partial charge in [-0.05, 0) is 17.7 Å². The molecule has 128 valence electrons. The molecule has 1 saturated heterocycles. The number of rotatable bonds is 4. The number of nitrogens with zero attached hydrogens (tertiary/aromatic N) is 2. The lowest BCUT2D eigenvalue weighted by atomic mass is 10.1. The smallest absolute Gasteiger partial charge is 0.272 e. The number of benzene rings is 2. The molecule has 0 radical (unpaired) electrons. The van der Waals surface area contributed by atoms with Crippen LogP contribution in [0.1, 0.15) is 16.1 Å². The monoisotopic (exact) mass is 336 g/mol. The van der Waals surface area contributed by atoms with E-state index in [4.69, 9.17) is 4.74 Å². The van der Waals surface area contributed by atoms with E-state index in [1.165, 1.54) is 0 Å². The molecule has 6 nitrogen and oxygen atoms in total. The summed E-state index contributed by atoms with van der Waals surface area (Å²) in [5, 5.41) is 10.9. The molecule has 0 atom stereocenters. The molecule has 0 saturated carbocycles. The molecule has 0 unspecified atom stereocenters. The first-order chi connectivity index (χ1) is 12.3. The Hall–Kier alpha value is -2.86. The Morgan fingerprint density at radius 3 is 2.76 bits per heavy atom. The third kappa shape index (κ3) is 3.21. The summed E-state index contributed by atoms with van der Waals surface area (Å²) in [5.74, 6) is -0.172. The SMILES string of the molecule is O=C(NCc1ccccc1N1CCOCC1)c1n[nH]c2ccccc12. The van der Waals surface area contributed by atoms with Crippen molar-refractivity contribution in [3.8, 4) is 0 Å². The van der Waals surface area contributed by atoms with Gasteiger partial charge in [-0.1, -0.05) is 36.4 Å². The van der Waals surface area contributed by atoms with Gasteiger partial charge >= 0.3 is 0 Å². The second-order valence-electron chi connectivity index (χ2n) is 6.03. The number of H-pyrrole nitrogens is 1. The Morgan fingerprint density at radius 2 is 1.88 bits per heavy atom. The van der Waals surface area contributed by atoms with Gasteiger partial charge in [0, 0.05) is 30.7 Å². The predicted molar refractivity (Wildman–Crippen MR) is 96.7 cm³/mol. The van der Waals surface area contributed by atoms with Crippen LogP contribution in [0, 0.1) is 0 Å². The average molecular weight is 336 g/mol. The first-order valence-corrected chi connectivity index (χ1v) is 8.45. The number of amides is 1. The highest BCUT2D eigenvalue weighted by atomic mass is 16.5. The fourth-order valence-electron chi connectivity index (χ4n) is 3.17. The number of ether oxygens (including phenoxy) is 1. The molecule has 3 aromatic rings. The molecule has 1 amide bonds. The summed E-state index contributed by atoms with van der Waals surface area (Å²) in [6.45, 7) is 3.68. The molecule has 6 heteroatoms. The summed E-state index contributed by atoms with van der Waals surface area (Å²) in [5.41, 5.74) is 3.54. The second kappa shape index (κ2) is 6.94. The van der Waals surface area contributed by atoms with Crippen LogP contribution in [0.5, 0.6) is 0 Å². The van der Waals surface area contributed by atoms with Crippen LogP contribution in [0.4, 0.5) is 5.69 Å². The molecular weight excluding hydrogens is 316 g/mol. The fourth-order valence-corrected chi connectivity index (χ4v) is 3.17. The number of carbonyl (C=O) groups is 1. The van der Waals surface area contributed by atoms with Crippen LogP contribution in [0.15, 0.2) is 48.5 Å². The highest BCUT2D eigenvalue weighted by molar-refractivity contribution is 6.04. The van der Waals surface area contributed by atoms with E-state index in [0.29, 0.717) is 12.2 Å². The summed E-state index contributed by atoms with van der Waals surface area (Å²) < 4.78 is 5.43. The number of para-hydroxylation sites is 2. The minimum absolute atomic E-state index is 0.172. The maximum Gasteiger partial charge on any atom is 0.272 e. The summed E-state index contributed by atoms with van der Waals surface area (Å²) >= 11 is 0. The fraction of sp³-hybridized carbons (Fsp3) is 0.263. The predicted octanol–water partition coefficient (Wildman–Crippen LogP) is 2.33. The lowest BCUT2D eigenvalue weighted by Gasteiger charge is -2.30. The number of anilines is 1. The quantitative estimate of drug-likeness (QED) is 0.767. The van der Waals surface area contributed by atoms with E-state index in [2.05, 4.69) is 26.5 Å². The van der Waals surface area contributed by atoms with Crippen LogP contribution in [0.2, 0.25) is 0 Å². The van der Waals surface area contributed by atoms with E-state index >= 15 is 0 Å². The number of fused-ring (bicyclic) bond motifs is 1. The molecule has 2 heterocycles. The van der Waals surface area contributed by atoms with Gasteiger partial charge in [0.15, 0.2) is 5.69 Å². The van der Waals surface area contributed by atoms with Crippen molar-refractivity contribution in [1.29, 1.82) is 0 Å². The highest BCUT2D eigenvalue weighted by Crippen LogP contribution is 2.22. The van der Waals surface area contributed by atoms with Crippen LogP contribution >= 0.6 is 0 Å². The van der Waals surface area contributed by atoms with Gasteiger partial charge in [-0.2, -0.15) is 5.10 Å². The molecule has 25 heavy (non-hydrogen) atoms. The lowest BCUT2D eigenvalue weighted by molar-refractivity contribution is 0.0947. The third-order valence-corrected chi connectivity index (χ3v) is 4.47. The van der Waals surface area contributed by atoms with Gasteiger partial charge in [-0.3, -0.25) is 9.89 Å². The molecular formula is C19H20N4O2. The van der Waals surface area contributed by atoms with Gasteiger partial charge in [0.25, 0.3) is 5.91 Å². The zero-order valence-electron chi connectivity index (χ0n) is 13.9. The molecule has 1 fully saturated rings. The van der Waals surface area contributed by atoms with Crippen molar-refractivity contribution in [2.45, 2.75) is 6.54 Å². The topological polar surface area (TPSA) is 70.2 Å². The minimum atomic E-state index is -0.172. The van der Waals surface area contributed by atoms with Gasteiger partial charge in [0.05, 0.1) is 18.7 Å². The van der Waals surface area contributed by atoms with Crippen molar-refractivity contribution < 1.29 is 9.53 Å². The van der Waals surface area contributed by atoms with Crippen LogP contribution in [-0.4, -0.2) is 42.4 Å². The first kappa shape index (κ1) is 15.7. The number of hydrogen-bond donors (Lipinski definition) is 2. The number of aromatic nitrogens is 2. The zero-order chi connectivity index (χ0) is 17.1. The van der Waals surface area contributed by atoms with E-state index in [1.54, 1.807) is 0 Å². The van der Waals surface area contributed by atoms with E-state index in [1.807, 2.05) is 42.5 Å². The Balaban J connectivity index is 1.50. The molecule has 0 bridgehead atoms. The second-order valence-corrected chi connectivity index (χ2v) is 6.03. The molecule has 4 rings (SSSR count). The Bertz CT molecular complexity index is 884. The Labute approximate surface area is 145 Å². The normalized spacial score (nSPS) is 14.6. The van der Waals surface area contributed by atoms with Gasteiger partial charge in [0.1, 0.15) is 0 Å². The highest BCUT2D eigenvalue weighted by Gasteiger charge is 2.17. The summed E-state index contributed by atoms with van der Waals surface area (Å²) in [6, 6.07) is 15.8. The van der Waals surface area contributed by atoms with Crippen molar-refractivity contribution in [2.75, 3.05) is 31.2 Å². The molecule has 1 aromatic heterocycles. The van der Waals surface area contributed by atoms with Crippen molar-refractivity contribution in [2.24, 2.45) is 0 Å². The van der Waals surface area contributed by atoms with E-state index < -0.39 is 0 Å². The van der Waals surface area contributed by atoms with E-state index in [-0.39, 0.29) is 5.91 Å². The first-order valence-electron chi connectivity index (χ1n) is 8.45. The zero-order valence-corrected chi connectivity index (χ0v) is 13.9. The molecule has 1 aliphatic rings. The molecule has 0 spiro atoms. The average Bonchev–Trinajstić information content (AvgIpc) is 3.11. The number of morpholine rings is 1. The number of nitrogens with one attached hydrogen (secondary N) is 2. The number of aromatic amines is 1. The summed E-state index contributed by atoms with van der Waals surface area (Å²) in [6.07, 6.45) is 0. The molecule has 0 aliphatic carbocycles.